The van der Waals surface area contributed by atoms with E-state index < -0.39 is 0 Å². The molecule has 0 heterocycles. The van der Waals surface area contributed by atoms with E-state index in [1.165, 1.54) is 24.0 Å². The highest BCUT2D eigenvalue weighted by Crippen LogP contribution is 2.48. The Labute approximate surface area is 109 Å². The second kappa shape index (κ2) is 4.42. The van der Waals surface area contributed by atoms with Gasteiger partial charge in [0.05, 0.1) is 0 Å². The van der Waals surface area contributed by atoms with Crippen molar-refractivity contribution < 1.29 is 4.79 Å². The van der Waals surface area contributed by atoms with Crippen molar-refractivity contribution in [3.63, 3.8) is 0 Å². The van der Waals surface area contributed by atoms with Gasteiger partial charge in [0.2, 0.25) is 5.91 Å². The lowest BCUT2D eigenvalue weighted by molar-refractivity contribution is -0.122. The van der Waals surface area contributed by atoms with Crippen LogP contribution in [0.1, 0.15) is 43.7 Å². The Morgan fingerprint density at radius 1 is 1.39 bits per heavy atom. The molecule has 0 bridgehead atoms. The van der Waals surface area contributed by atoms with Crippen LogP contribution >= 0.6 is 0 Å². The van der Waals surface area contributed by atoms with E-state index in [9.17, 15) is 4.79 Å². The largest absolute Gasteiger partial charge is 0.355 e. The second-order valence-electron chi connectivity index (χ2n) is 5.83. The van der Waals surface area contributed by atoms with Crippen LogP contribution in [-0.4, -0.2) is 12.5 Å². The number of benzene rings is 1. The molecule has 0 spiro atoms. The van der Waals surface area contributed by atoms with Crippen LogP contribution in [0.15, 0.2) is 24.3 Å². The Balaban J connectivity index is 1.67. The summed E-state index contributed by atoms with van der Waals surface area (Å²) in [6, 6.07) is 8.87. The lowest BCUT2D eigenvalue weighted by Gasteiger charge is -2.17. The SMILES string of the molecule is CCc1cccc(C2(CNC(=O)C3CC3)CC2)c1. The molecule has 0 unspecified atom stereocenters. The van der Waals surface area contributed by atoms with Gasteiger partial charge in [0.1, 0.15) is 0 Å². The number of rotatable bonds is 5. The van der Waals surface area contributed by atoms with Crippen molar-refractivity contribution in [2.75, 3.05) is 6.54 Å². The topological polar surface area (TPSA) is 29.1 Å². The fourth-order valence-electron chi connectivity index (χ4n) is 2.59. The van der Waals surface area contributed by atoms with Crippen LogP contribution in [0.5, 0.6) is 0 Å². The highest BCUT2D eigenvalue weighted by Gasteiger charge is 2.45. The molecule has 3 rings (SSSR count). The zero-order valence-corrected chi connectivity index (χ0v) is 11.0. The van der Waals surface area contributed by atoms with Gasteiger partial charge in [-0.25, -0.2) is 0 Å². The summed E-state index contributed by atoms with van der Waals surface area (Å²) in [4.78, 5) is 11.7. The fraction of sp³-hybridized carbons (Fsp3) is 0.562. The summed E-state index contributed by atoms with van der Waals surface area (Å²) < 4.78 is 0. The first kappa shape index (κ1) is 11.8. The lowest BCUT2D eigenvalue weighted by Crippen LogP contribution is -2.33. The average Bonchev–Trinajstić information content (AvgIpc) is 3.30. The second-order valence-corrected chi connectivity index (χ2v) is 5.83. The third kappa shape index (κ3) is 2.29. The summed E-state index contributed by atoms with van der Waals surface area (Å²) in [7, 11) is 0. The van der Waals surface area contributed by atoms with E-state index in [0.29, 0.717) is 5.92 Å². The van der Waals surface area contributed by atoms with Crippen molar-refractivity contribution in [1.29, 1.82) is 0 Å². The van der Waals surface area contributed by atoms with E-state index in [2.05, 4.69) is 36.5 Å². The summed E-state index contributed by atoms with van der Waals surface area (Å²) >= 11 is 0. The van der Waals surface area contributed by atoms with Crippen LogP contribution in [0.4, 0.5) is 0 Å². The molecule has 1 amide bonds. The standard InChI is InChI=1S/C16H21NO/c1-2-12-4-3-5-14(10-12)16(8-9-16)11-17-15(18)13-6-7-13/h3-5,10,13H,2,6-9,11H2,1H3,(H,17,18). The molecular formula is C16H21NO. The van der Waals surface area contributed by atoms with E-state index in [1.807, 2.05) is 0 Å². The van der Waals surface area contributed by atoms with Gasteiger partial charge in [0, 0.05) is 17.9 Å². The number of hydrogen-bond donors (Lipinski definition) is 1. The summed E-state index contributed by atoms with van der Waals surface area (Å²) in [5.74, 6) is 0.593. The first-order valence-electron chi connectivity index (χ1n) is 7.11. The molecule has 2 nitrogen and oxygen atoms in total. The van der Waals surface area contributed by atoms with Gasteiger partial charge in [0.25, 0.3) is 0 Å². The first-order chi connectivity index (χ1) is 8.73. The Kier molecular flexibility index (Phi) is 2.89. The van der Waals surface area contributed by atoms with Gasteiger partial charge in [0.15, 0.2) is 0 Å². The molecule has 0 aliphatic heterocycles. The smallest absolute Gasteiger partial charge is 0.223 e. The van der Waals surface area contributed by atoms with Crippen LogP contribution < -0.4 is 5.32 Å². The van der Waals surface area contributed by atoms with Crippen LogP contribution in [0.2, 0.25) is 0 Å². The average molecular weight is 243 g/mol. The molecule has 0 radical (unpaired) electrons. The van der Waals surface area contributed by atoms with Gasteiger partial charge in [-0.1, -0.05) is 31.2 Å². The predicted octanol–water partition coefficient (Wildman–Crippen LogP) is 2.81. The van der Waals surface area contributed by atoms with Crippen LogP contribution in [0.3, 0.4) is 0 Å². The van der Waals surface area contributed by atoms with Gasteiger partial charge in [-0.15, -0.1) is 0 Å². The molecule has 96 valence electrons. The zero-order chi connectivity index (χ0) is 12.6. The monoisotopic (exact) mass is 243 g/mol. The molecule has 1 aromatic carbocycles. The quantitative estimate of drug-likeness (QED) is 0.846. The molecule has 1 aromatic rings. The molecule has 2 saturated carbocycles. The maximum atomic E-state index is 11.7. The zero-order valence-electron chi connectivity index (χ0n) is 11.0. The predicted molar refractivity (Wildman–Crippen MR) is 72.5 cm³/mol. The molecule has 1 N–H and O–H groups in total. The van der Waals surface area contributed by atoms with Crippen molar-refractivity contribution >= 4 is 5.91 Å². The van der Waals surface area contributed by atoms with Gasteiger partial charge in [-0.2, -0.15) is 0 Å². The first-order valence-corrected chi connectivity index (χ1v) is 7.11. The van der Waals surface area contributed by atoms with E-state index in [4.69, 9.17) is 0 Å². The van der Waals surface area contributed by atoms with Crippen molar-refractivity contribution in [2.45, 2.75) is 44.4 Å². The minimum absolute atomic E-state index is 0.246. The third-order valence-corrected chi connectivity index (χ3v) is 4.35. The fourth-order valence-corrected chi connectivity index (χ4v) is 2.59. The van der Waals surface area contributed by atoms with Gasteiger partial charge in [-0.3, -0.25) is 4.79 Å². The molecule has 0 atom stereocenters. The minimum atomic E-state index is 0.246. The van der Waals surface area contributed by atoms with E-state index >= 15 is 0 Å². The maximum absolute atomic E-state index is 11.7. The molecule has 2 fully saturated rings. The van der Waals surface area contributed by atoms with Crippen molar-refractivity contribution in [3.8, 4) is 0 Å². The Bertz CT molecular complexity index is 458. The molecule has 18 heavy (non-hydrogen) atoms. The van der Waals surface area contributed by atoms with Crippen molar-refractivity contribution in [1.82, 2.24) is 5.32 Å². The third-order valence-electron chi connectivity index (χ3n) is 4.35. The van der Waals surface area contributed by atoms with Crippen LogP contribution in [-0.2, 0) is 16.6 Å². The Morgan fingerprint density at radius 2 is 2.17 bits per heavy atom. The number of carbonyl (C=O) groups is 1. The van der Waals surface area contributed by atoms with Gasteiger partial charge in [-0.05, 0) is 43.2 Å². The number of aryl methyl sites for hydroxylation is 1. The normalized spacial score (nSPS) is 20.5. The molecule has 2 heteroatoms. The Hall–Kier alpha value is -1.31. The maximum Gasteiger partial charge on any atom is 0.223 e. The van der Waals surface area contributed by atoms with Crippen LogP contribution in [0.25, 0.3) is 0 Å². The number of nitrogens with one attached hydrogen (secondary N) is 1. The van der Waals surface area contributed by atoms with Crippen molar-refractivity contribution in [2.24, 2.45) is 5.92 Å². The van der Waals surface area contributed by atoms with Gasteiger partial charge < -0.3 is 5.32 Å². The van der Waals surface area contributed by atoms with Crippen molar-refractivity contribution in [3.05, 3.63) is 35.4 Å². The lowest BCUT2D eigenvalue weighted by atomic mass is 9.93. The summed E-state index contributed by atoms with van der Waals surface area (Å²) in [5.41, 5.74) is 3.06. The molecule has 0 aromatic heterocycles. The Morgan fingerprint density at radius 3 is 2.78 bits per heavy atom. The molecule has 2 aliphatic carbocycles. The number of carbonyl (C=O) groups excluding carboxylic acids is 1. The minimum Gasteiger partial charge on any atom is -0.355 e. The molecule has 2 aliphatic rings. The van der Waals surface area contributed by atoms with E-state index in [1.54, 1.807) is 0 Å². The highest BCUT2D eigenvalue weighted by molar-refractivity contribution is 5.81. The van der Waals surface area contributed by atoms with Crippen LogP contribution in [0, 0.1) is 5.92 Å². The van der Waals surface area contributed by atoms with E-state index in [0.717, 1.165) is 25.8 Å². The number of amides is 1. The molecular weight excluding hydrogens is 222 g/mol. The molecule has 0 saturated heterocycles. The summed E-state index contributed by atoms with van der Waals surface area (Å²) in [6.07, 6.45) is 5.68. The highest BCUT2D eigenvalue weighted by atomic mass is 16.2. The number of hydrogen-bond acceptors (Lipinski definition) is 1. The summed E-state index contributed by atoms with van der Waals surface area (Å²) in [6.45, 7) is 3.02. The van der Waals surface area contributed by atoms with Gasteiger partial charge >= 0.3 is 0 Å². The summed E-state index contributed by atoms with van der Waals surface area (Å²) in [5, 5.41) is 3.14. The van der Waals surface area contributed by atoms with E-state index in [-0.39, 0.29) is 11.3 Å².